The molecule has 0 bridgehead atoms. The predicted octanol–water partition coefficient (Wildman–Crippen LogP) is 4.78. The van der Waals surface area contributed by atoms with E-state index in [1.54, 1.807) is 0 Å². The van der Waals surface area contributed by atoms with Gasteiger partial charge in [0.2, 0.25) is 0 Å². The number of carbonyl (C=O) groups excluding carboxylic acids is 1. The molecular formula is C16H24O2S. The third-order valence-electron chi connectivity index (χ3n) is 4.47. The molecule has 3 heteroatoms. The van der Waals surface area contributed by atoms with Crippen molar-refractivity contribution in [2.45, 2.75) is 57.5 Å². The normalized spacial score (nSPS) is 20.1. The molecule has 0 N–H and O–H groups in total. The monoisotopic (exact) mass is 280 g/mol. The Morgan fingerprint density at radius 3 is 2.68 bits per heavy atom. The van der Waals surface area contributed by atoms with Crippen molar-refractivity contribution in [1.29, 1.82) is 0 Å². The van der Waals surface area contributed by atoms with E-state index >= 15 is 0 Å². The third kappa shape index (κ3) is 2.92. The van der Waals surface area contributed by atoms with E-state index in [-0.39, 0.29) is 5.60 Å². The molecule has 2 rings (SSSR count). The van der Waals surface area contributed by atoms with Crippen molar-refractivity contribution >= 4 is 17.6 Å². The van der Waals surface area contributed by atoms with Crippen molar-refractivity contribution in [3.63, 3.8) is 0 Å². The van der Waals surface area contributed by atoms with Crippen LogP contribution in [0.15, 0.2) is 11.4 Å². The van der Waals surface area contributed by atoms with E-state index in [0.717, 1.165) is 24.0 Å². The van der Waals surface area contributed by atoms with Crippen molar-refractivity contribution in [3.8, 4) is 0 Å². The number of methoxy groups -OCH3 is 1. The zero-order valence-electron chi connectivity index (χ0n) is 12.0. The van der Waals surface area contributed by atoms with Crippen LogP contribution in [0.1, 0.15) is 67.1 Å². The van der Waals surface area contributed by atoms with Crippen molar-refractivity contribution in [2.24, 2.45) is 5.92 Å². The molecule has 1 saturated carbocycles. The topological polar surface area (TPSA) is 26.3 Å². The van der Waals surface area contributed by atoms with Crippen LogP contribution < -0.4 is 0 Å². The minimum atomic E-state index is -0.174. The number of ether oxygens (including phenoxy) is 1. The summed E-state index contributed by atoms with van der Waals surface area (Å²) in [7, 11) is 1.84. The lowest BCUT2D eigenvalue weighted by atomic mass is 9.71. The number of hydrogen-bond acceptors (Lipinski definition) is 3. The Kier molecular flexibility index (Phi) is 5.17. The molecule has 0 saturated heterocycles. The summed E-state index contributed by atoms with van der Waals surface area (Å²) in [6.45, 7) is 2.21. The van der Waals surface area contributed by atoms with Crippen LogP contribution in [0.2, 0.25) is 0 Å². The fourth-order valence-corrected chi connectivity index (χ4v) is 4.33. The number of hydrogen-bond donors (Lipinski definition) is 0. The first-order valence-corrected chi connectivity index (χ1v) is 8.24. The van der Waals surface area contributed by atoms with Crippen LogP contribution in [-0.2, 0) is 10.3 Å². The number of aldehydes is 1. The highest BCUT2D eigenvalue weighted by atomic mass is 32.1. The van der Waals surface area contributed by atoms with E-state index in [9.17, 15) is 4.79 Å². The van der Waals surface area contributed by atoms with Crippen molar-refractivity contribution in [2.75, 3.05) is 7.11 Å². The van der Waals surface area contributed by atoms with Crippen LogP contribution in [0.4, 0.5) is 0 Å². The summed E-state index contributed by atoms with van der Waals surface area (Å²) in [5.74, 6) is 0.598. The molecule has 0 spiro atoms. The standard InChI is InChI=1S/C16H24O2S/c1-3-9-16(18-2,13-7-5-4-6-8-13)14-10-15(11-17)19-12-14/h10-13H,3-9H2,1-2H3. The van der Waals surface area contributed by atoms with E-state index < -0.39 is 0 Å². The third-order valence-corrected chi connectivity index (χ3v) is 5.33. The summed E-state index contributed by atoms with van der Waals surface area (Å²) in [5, 5.41) is 2.12. The second kappa shape index (κ2) is 6.67. The van der Waals surface area contributed by atoms with Gasteiger partial charge in [-0.2, -0.15) is 0 Å². The molecule has 1 fully saturated rings. The SMILES string of the molecule is CCCC(OC)(c1csc(C=O)c1)C1CCCCC1. The van der Waals surface area contributed by atoms with Gasteiger partial charge in [0.15, 0.2) is 6.29 Å². The first-order chi connectivity index (χ1) is 9.26. The highest BCUT2D eigenvalue weighted by molar-refractivity contribution is 7.11. The molecule has 0 aromatic carbocycles. The highest BCUT2D eigenvalue weighted by Gasteiger charge is 2.40. The van der Waals surface area contributed by atoms with Gasteiger partial charge in [-0.3, -0.25) is 4.79 Å². The van der Waals surface area contributed by atoms with Gasteiger partial charge in [-0.15, -0.1) is 11.3 Å². The lowest BCUT2D eigenvalue weighted by Crippen LogP contribution is -2.38. The number of thiophene rings is 1. The molecule has 1 aliphatic rings. The van der Waals surface area contributed by atoms with Crippen molar-refractivity contribution in [3.05, 3.63) is 21.9 Å². The fourth-order valence-electron chi connectivity index (χ4n) is 3.55. The largest absolute Gasteiger partial charge is 0.373 e. The van der Waals surface area contributed by atoms with Crippen molar-refractivity contribution in [1.82, 2.24) is 0 Å². The van der Waals surface area contributed by atoms with E-state index in [0.29, 0.717) is 5.92 Å². The van der Waals surface area contributed by atoms with Gasteiger partial charge in [-0.25, -0.2) is 0 Å². The average Bonchev–Trinajstić information content (AvgIpc) is 2.95. The van der Waals surface area contributed by atoms with Crippen molar-refractivity contribution < 1.29 is 9.53 Å². The minimum Gasteiger partial charge on any atom is -0.373 e. The van der Waals surface area contributed by atoms with Gasteiger partial charge in [-0.1, -0.05) is 32.6 Å². The Hall–Kier alpha value is -0.670. The van der Waals surface area contributed by atoms with E-state index in [1.165, 1.54) is 49.0 Å². The minimum absolute atomic E-state index is 0.174. The van der Waals surface area contributed by atoms with E-state index in [1.807, 2.05) is 13.2 Å². The second-order valence-corrected chi connectivity index (χ2v) is 6.48. The molecule has 1 heterocycles. The van der Waals surface area contributed by atoms with Gasteiger partial charge in [0.05, 0.1) is 10.5 Å². The smallest absolute Gasteiger partial charge is 0.160 e. The van der Waals surface area contributed by atoms with E-state index in [4.69, 9.17) is 4.74 Å². The fraction of sp³-hybridized carbons (Fsp3) is 0.688. The van der Waals surface area contributed by atoms with Gasteiger partial charge in [-0.05, 0) is 42.2 Å². The first kappa shape index (κ1) is 14.7. The molecule has 0 radical (unpaired) electrons. The molecule has 1 aromatic rings. The zero-order chi connectivity index (χ0) is 13.7. The lowest BCUT2D eigenvalue weighted by Gasteiger charge is -2.41. The maximum Gasteiger partial charge on any atom is 0.160 e. The second-order valence-electron chi connectivity index (χ2n) is 5.53. The molecule has 1 aromatic heterocycles. The van der Waals surface area contributed by atoms with Gasteiger partial charge >= 0.3 is 0 Å². The summed E-state index contributed by atoms with van der Waals surface area (Å²) < 4.78 is 6.05. The molecule has 106 valence electrons. The molecule has 1 atom stereocenters. The zero-order valence-corrected chi connectivity index (χ0v) is 12.8. The van der Waals surface area contributed by atoms with Crippen LogP contribution >= 0.6 is 11.3 Å². The van der Waals surface area contributed by atoms with Gasteiger partial charge in [0.1, 0.15) is 0 Å². The Morgan fingerprint density at radius 2 is 2.16 bits per heavy atom. The van der Waals surface area contributed by atoms with Crippen LogP contribution in [0, 0.1) is 5.92 Å². The molecule has 1 aliphatic carbocycles. The summed E-state index contributed by atoms with van der Waals surface area (Å²) in [6, 6.07) is 2.03. The lowest BCUT2D eigenvalue weighted by molar-refractivity contribution is -0.0825. The van der Waals surface area contributed by atoms with Gasteiger partial charge < -0.3 is 4.74 Å². The average molecular weight is 280 g/mol. The highest BCUT2D eigenvalue weighted by Crippen LogP contribution is 2.45. The number of carbonyl (C=O) groups is 1. The molecular weight excluding hydrogens is 256 g/mol. The van der Waals surface area contributed by atoms with Crippen LogP contribution in [0.25, 0.3) is 0 Å². The van der Waals surface area contributed by atoms with Crippen LogP contribution in [0.3, 0.4) is 0 Å². The summed E-state index contributed by atoms with van der Waals surface area (Å²) in [6.07, 6.45) is 9.57. The Bertz CT molecular complexity index is 407. The first-order valence-electron chi connectivity index (χ1n) is 7.36. The summed E-state index contributed by atoms with van der Waals surface area (Å²) in [4.78, 5) is 11.7. The molecule has 1 unspecified atom stereocenters. The maximum absolute atomic E-state index is 10.9. The van der Waals surface area contributed by atoms with Gasteiger partial charge in [0, 0.05) is 7.11 Å². The van der Waals surface area contributed by atoms with Gasteiger partial charge in [0.25, 0.3) is 0 Å². The quantitative estimate of drug-likeness (QED) is 0.701. The van der Waals surface area contributed by atoms with Crippen LogP contribution in [-0.4, -0.2) is 13.4 Å². The molecule has 0 amide bonds. The maximum atomic E-state index is 10.9. The van der Waals surface area contributed by atoms with E-state index in [2.05, 4.69) is 12.3 Å². The Balaban J connectivity index is 2.33. The Labute approximate surface area is 120 Å². The summed E-state index contributed by atoms with van der Waals surface area (Å²) in [5.41, 5.74) is 1.04. The Morgan fingerprint density at radius 1 is 1.42 bits per heavy atom. The summed E-state index contributed by atoms with van der Waals surface area (Å²) >= 11 is 1.53. The molecule has 0 aliphatic heterocycles. The molecule has 2 nitrogen and oxygen atoms in total. The molecule has 19 heavy (non-hydrogen) atoms. The van der Waals surface area contributed by atoms with Crippen LogP contribution in [0.5, 0.6) is 0 Å². The predicted molar refractivity (Wildman–Crippen MR) is 79.9 cm³/mol. The number of rotatable bonds is 6.